The van der Waals surface area contributed by atoms with Crippen molar-refractivity contribution in [2.24, 2.45) is 0 Å². The quantitative estimate of drug-likeness (QED) is 0.726. The Morgan fingerprint density at radius 3 is 2.27 bits per heavy atom. The maximum Gasteiger partial charge on any atom is 0.128 e. The molecule has 0 unspecified atom stereocenters. The molecule has 1 aromatic rings. The Hall–Kier alpha value is -0.760. The van der Waals surface area contributed by atoms with Gasteiger partial charge in [0.05, 0.1) is 5.02 Å². The van der Waals surface area contributed by atoms with Gasteiger partial charge in [-0.25, -0.2) is 4.98 Å². The zero-order valence-electron chi connectivity index (χ0n) is 8.95. The number of anilines is 1. The van der Waals surface area contributed by atoms with E-state index in [1.807, 2.05) is 12.1 Å². The number of rotatable bonds is 1. The van der Waals surface area contributed by atoms with Crippen LogP contribution in [0.1, 0.15) is 32.1 Å². The Bertz CT molecular complexity index is 289. The van der Waals surface area contributed by atoms with Crippen LogP contribution >= 0.6 is 11.6 Å². The summed E-state index contributed by atoms with van der Waals surface area (Å²) < 4.78 is 0. The van der Waals surface area contributed by atoms with E-state index in [1.54, 1.807) is 6.20 Å². The van der Waals surface area contributed by atoms with E-state index in [-0.39, 0.29) is 0 Å². The molecule has 1 saturated heterocycles. The molecule has 2 heterocycles. The van der Waals surface area contributed by atoms with Gasteiger partial charge >= 0.3 is 0 Å². The van der Waals surface area contributed by atoms with Gasteiger partial charge in [-0.15, -0.1) is 0 Å². The van der Waals surface area contributed by atoms with Crippen molar-refractivity contribution in [1.82, 2.24) is 4.98 Å². The first-order valence-electron chi connectivity index (χ1n) is 5.73. The van der Waals surface area contributed by atoms with Gasteiger partial charge < -0.3 is 4.90 Å². The van der Waals surface area contributed by atoms with Crippen LogP contribution in [-0.2, 0) is 0 Å². The molecular weight excluding hydrogens is 208 g/mol. The minimum Gasteiger partial charge on any atom is -0.357 e. The van der Waals surface area contributed by atoms with Gasteiger partial charge in [0.2, 0.25) is 0 Å². The first-order valence-corrected chi connectivity index (χ1v) is 6.10. The van der Waals surface area contributed by atoms with Crippen LogP contribution in [0.5, 0.6) is 0 Å². The maximum absolute atomic E-state index is 5.83. The molecule has 0 radical (unpaired) electrons. The standard InChI is InChI=1S/C12H17ClN2/c13-11-6-7-12(14-10-11)15-8-4-2-1-3-5-9-15/h6-7,10H,1-5,8-9H2. The SMILES string of the molecule is Clc1ccc(N2CCCCCCC2)nc1. The highest BCUT2D eigenvalue weighted by Crippen LogP contribution is 2.18. The van der Waals surface area contributed by atoms with E-state index in [4.69, 9.17) is 11.6 Å². The lowest BCUT2D eigenvalue weighted by atomic mass is 10.1. The summed E-state index contributed by atoms with van der Waals surface area (Å²) in [6.45, 7) is 2.27. The number of nitrogens with zero attached hydrogens (tertiary/aromatic N) is 2. The summed E-state index contributed by atoms with van der Waals surface area (Å²) in [5.41, 5.74) is 0. The molecule has 82 valence electrons. The largest absolute Gasteiger partial charge is 0.357 e. The highest BCUT2D eigenvalue weighted by molar-refractivity contribution is 6.30. The molecule has 1 fully saturated rings. The molecule has 1 aromatic heterocycles. The molecule has 0 amide bonds. The fourth-order valence-corrected chi connectivity index (χ4v) is 2.14. The third kappa shape index (κ3) is 3.10. The van der Waals surface area contributed by atoms with Crippen molar-refractivity contribution >= 4 is 17.4 Å². The van der Waals surface area contributed by atoms with E-state index in [0.29, 0.717) is 5.02 Å². The predicted molar refractivity (Wildman–Crippen MR) is 64.5 cm³/mol. The molecule has 0 aliphatic carbocycles. The van der Waals surface area contributed by atoms with Gasteiger partial charge in [-0.3, -0.25) is 0 Å². The molecule has 3 heteroatoms. The summed E-state index contributed by atoms with van der Waals surface area (Å²) in [5.74, 6) is 1.07. The zero-order chi connectivity index (χ0) is 10.5. The molecular formula is C12H17ClN2. The number of aromatic nitrogens is 1. The average molecular weight is 225 g/mol. The maximum atomic E-state index is 5.83. The van der Waals surface area contributed by atoms with Crippen LogP contribution in [0.2, 0.25) is 5.02 Å². The van der Waals surface area contributed by atoms with Crippen LogP contribution < -0.4 is 4.90 Å². The van der Waals surface area contributed by atoms with E-state index in [0.717, 1.165) is 18.9 Å². The summed E-state index contributed by atoms with van der Waals surface area (Å²) in [6, 6.07) is 3.94. The molecule has 1 aliphatic rings. The summed E-state index contributed by atoms with van der Waals surface area (Å²) in [5, 5.41) is 0.714. The highest BCUT2D eigenvalue weighted by Gasteiger charge is 2.09. The normalized spacial score (nSPS) is 18.3. The van der Waals surface area contributed by atoms with Gasteiger partial charge in [-0.05, 0) is 25.0 Å². The molecule has 2 nitrogen and oxygen atoms in total. The Kier molecular flexibility index (Phi) is 3.84. The Labute approximate surface area is 96.3 Å². The van der Waals surface area contributed by atoms with Crippen molar-refractivity contribution in [2.45, 2.75) is 32.1 Å². The lowest BCUT2D eigenvalue weighted by Crippen LogP contribution is -2.27. The van der Waals surface area contributed by atoms with Crippen molar-refractivity contribution in [1.29, 1.82) is 0 Å². The second kappa shape index (κ2) is 5.36. The van der Waals surface area contributed by atoms with Crippen LogP contribution in [0.3, 0.4) is 0 Å². The van der Waals surface area contributed by atoms with Crippen LogP contribution in [-0.4, -0.2) is 18.1 Å². The molecule has 0 aromatic carbocycles. The third-order valence-corrected chi connectivity index (χ3v) is 3.12. The topological polar surface area (TPSA) is 16.1 Å². The van der Waals surface area contributed by atoms with E-state index < -0.39 is 0 Å². The summed E-state index contributed by atoms with van der Waals surface area (Å²) in [7, 11) is 0. The van der Waals surface area contributed by atoms with Crippen molar-refractivity contribution in [3.8, 4) is 0 Å². The van der Waals surface area contributed by atoms with E-state index >= 15 is 0 Å². The Morgan fingerprint density at radius 1 is 1.00 bits per heavy atom. The smallest absolute Gasteiger partial charge is 0.128 e. The van der Waals surface area contributed by atoms with Crippen molar-refractivity contribution in [3.63, 3.8) is 0 Å². The van der Waals surface area contributed by atoms with E-state index in [2.05, 4.69) is 9.88 Å². The summed E-state index contributed by atoms with van der Waals surface area (Å²) in [4.78, 5) is 6.74. The van der Waals surface area contributed by atoms with Crippen LogP contribution in [0.15, 0.2) is 18.3 Å². The van der Waals surface area contributed by atoms with Crippen LogP contribution in [0.4, 0.5) is 5.82 Å². The molecule has 0 bridgehead atoms. The minimum atomic E-state index is 0.714. The number of halogens is 1. The molecule has 0 saturated carbocycles. The Morgan fingerprint density at radius 2 is 1.67 bits per heavy atom. The van der Waals surface area contributed by atoms with Gasteiger partial charge in [0, 0.05) is 19.3 Å². The van der Waals surface area contributed by atoms with Crippen molar-refractivity contribution in [3.05, 3.63) is 23.4 Å². The highest BCUT2D eigenvalue weighted by atomic mass is 35.5. The molecule has 2 rings (SSSR count). The fourth-order valence-electron chi connectivity index (χ4n) is 2.03. The number of pyridine rings is 1. The lowest BCUT2D eigenvalue weighted by molar-refractivity contribution is 0.554. The molecule has 15 heavy (non-hydrogen) atoms. The molecule has 0 spiro atoms. The van der Waals surface area contributed by atoms with Crippen LogP contribution in [0.25, 0.3) is 0 Å². The van der Waals surface area contributed by atoms with Gasteiger partial charge in [-0.2, -0.15) is 0 Å². The van der Waals surface area contributed by atoms with Gasteiger partial charge in [0.15, 0.2) is 0 Å². The second-order valence-corrected chi connectivity index (χ2v) is 4.53. The van der Waals surface area contributed by atoms with E-state index in [1.165, 1.54) is 32.1 Å². The molecule has 0 atom stereocenters. The van der Waals surface area contributed by atoms with Crippen molar-refractivity contribution in [2.75, 3.05) is 18.0 Å². The summed E-state index contributed by atoms with van der Waals surface area (Å²) in [6.07, 6.45) is 8.39. The Balaban J connectivity index is 2.03. The number of hydrogen-bond acceptors (Lipinski definition) is 2. The zero-order valence-corrected chi connectivity index (χ0v) is 9.71. The first kappa shape index (κ1) is 10.7. The average Bonchev–Trinajstić information content (AvgIpc) is 2.19. The lowest BCUT2D eigenvalue weighted by Gasteiger charge is -2.25. The third-order valence-electron chi connectivity index (χ3n) is 2.89. The molecule has 0 N–H and O–H groups in total. The van der Waals surface area contributed by atoms with Crippen molar-refractivity contribution < 1.29 is 0 Å². The summed E-state index contributed by atoms with van der Waals surface area (Å²) >= 11 is 5.83. The second-order valence-electron chi connectivity index (χ2n) is 4.09. The first-order chi connectivity index (χ1) is 7.36. The van der Waals surface area contributed by atoms with Gasteiger partial charge in [-0.1, -0.05) is 30.9 Å². The van der Waals surface area contributed by atoms with Crippen LogP contribution in [0, 0.1) is 0 Å². The monoisotopic (exact) mass is 224 g/mol. The van der Waals surface area contributed by atoms with Gasteiger partial charge in [0.25, 0.3) is 0 Å². The molecule has 1 aliphatic heterocycles. The van der Waals surface area contributed by atoms with E-state index in [9.17, 15) is 0 Å². The predicted octanol–water partition coefficient (Wildman–Crippen LogP) is 3.51. The fraction of sp³-hybridized carbons (Fsp3) is 0.583. The number of hydrogen-bond donors (Lipinski definition) is 0. The van der Waals surface area contributed by atoms with Gasteiger partial charge in [0.1, 0.15) is 5.82 Å². The minimum absolute atomic E-state index is 0.714.